The lowest BCUT2D eigenvalue weighted by Crippen LogP contribution is -2.40. The lowest BCUT2D eigenvalue weighted by molar-refractivity contribution is -0.140. The molecule has 0 N–H and O–H groups in total. The molecule has 8 heteroatoms. The van der Waals surface area contributed by atoms with E-state index in [4.69, 9.17) is 23.2 Å². The van der Waals surface area contributed by atoms with Crippen LogP contribution in [0.15, 0.2) is 22.7 Å². The van der Waals surface area contributed by atoms with E-state index in [9.17, 15) is 18.0 Å². The van der Waals surface area contributed by atoms with Crippen molar-refractivity contribution >= 4 is 45.0 Å². The van der Waals surface area contributed by atoms with Gasteiger partial charge in [0.15, 0.2) is 0 Å². The molecule has 0 bridgehead atoms. The van der Waals surface area contributed by atoms with Crippen LogP contribution in [-0.4, -0.2) is 36.0 Å². The quantitative estimate of drug-likeness (QED) is 0.713. The molecule has 0 saturated carbocycles. The molecule has 1 aromatic carbocycles. The predicted octanol–water partition coefficient (Wildman–Crippen LogP) is 4.35. The van der Waals surface area contributed by atoms with Gasteiger partial charge in [-0.25, -0.2) is 0 Å². The molecule has 0 aromatic heterocycles. The van der Waals surface area contributed by atoms with Gasteiger partial charge in [-0.3, -0.25) is 4.79 Å². The Balaban J connectivity index is 2.99. The number of amides is 1. The van der Waals surface area contributed by atoms with Crippen LogP contribution >= 0.6 is 39.1 Å². The van der Waals surface area contributed by atoms with Crippen molar-refractivity contribution in [3.8, 4) is 0 Å². The fraction of sp³-hybridized carbons (Fsp3) is 0.364. The second-order valence-electron chi connectivity index (χ2n) is 3.66. The Morgan fingerprint density at radius 3 is 2.47 bits per heavy atom. The smallest absolute Gasteiger partial charge is 0.328 e. The van der Waals surface area contributed by atoms with E-state index < -0.39 is 18.6 Å². The summed E-state index contributed by atoms with van der Waals surface area (Å²) in [5, 5.41) is 0.378. The zero-order valence-corrected chi connectivity index (χ0v) is 12.6. The molecule has 1 rings (SSSR count). The van der Waals surface area contributed by atoms with Crippen LogP contribution in [0.1, 0.15) is 10.4 Å². The summed E-state index contributed by atoms with van der Waals surface area (Å²) in [5.74, 6) is -0.825. The number of nitrogens with zero attached hydrogens (tertiary/aromatic N) is 1. The second kappa shape index (κ2) is 6.81. The maximum Gasteiger partial charge on any atom is 0.406 e. The fourth-order valence-electron chi connectivity index (χ4n) is 1.40. The Morgan fingerprint density at radius 1 is 1.37 bits per heavy atom. The number of halogens is 6. The van der Waals surface area contributed by atoms with Gasteiger partial charge in [0.1, 0.15) is 6.54 Å². The molecular formula is C11H9BrCl2F3NO. The van der Waals surface area contributed by atoms with Crippen LogP contribution in [-0.2, 0) is 0 Å². The SMILES string of the molecule is O=C(c1ccc(Cl)cc1Br)N(CCCl)CC(F)(F)F. The van der Waals surface area contributed by atoms with Crippen LogP contribution in [0.4, 0.5) is 13.2 Å². The molecule has 0 radical (unpaired) electrons. The highest BCUT2D eigenvalue weighted by atomic mass is 79.9. The van der Waals surface area contributed by atoms with Gasteiger partial charge in [-0.05, 0) is 34.1 Å². The lowest BCUT2D eigenvalue weighted by atomic mass is 10.2. The van der Waals surface area contributed by atoms with Crippen LogP contribution in [0.3, 0.4) is 0 Å². The third kappa shape index (κ3) is 5.20. The zero-order valence-electron chi connectivity index (χ0n) is 9.48. The monoisotopic (exact) mass is 377 g/mol. The van der Waals surface area contributed by atoms with E-state index in [-0.39, 0.29) is 18.0 Å². The van der Waals surface area contributed by atoms with Crippen molar-refractivity contribution in [2.75, 3.05) is 19.0 Å². The van der Waals surface area contributed by atoms with Crippen LogP contribution < -0.4 is 0 Å². The van der Waals surface area contributed by atoms with Gasteiger partial charge in [0, 0.05) is 21.9 Å². The topological polar surface area (TPSA) is 20.3 Å². The minimum atomic E-state index is -4.47. The van der Waals surface area contributed by atoms with Crippen LogP contribution in [0.5, 0.6) is 0 Å². The zero-order chi connectivity index (χ0) is 14.6. The number of hydrogen-bond acceptors (Lipinski definition) is 1. The van der Waals surface area contributed by atoms with Gasteiger partial charge in [-0.2, -0.15) is 13.2 Å². The minimum absolute atomic E-state index is 0.0764. The Morgan fingerprint density at radius 2 is 2.00 bits per heavy atom. The Bertz CT molecular complexity index is 468. The molecule has 19 heavy (non-hydrogen) atoms. The molecule has 0 spiro atoms. The summed E-state index contributed by atoms with van der Waals surface area (Å²) in [5.41, 5.74) is 0.110. The molecule has 0 atom stereocenters. The van der Waals surface area contributed by atoms with Crippen molar-refractivity contribution in [2.24, 2.45) is 0 Å². The van der Waals surface area contributed by atoms with Gasteiger partial charge in [0.25, 0.3) is 5.91 Å². The highest BCUT2D eigenvalue weighted by Gasteiger charge is 2.33. The molecule has 0 aliphatic heterocycles. The fourth-order valence-corrected chi connectivity index (χ4v) is 2.46. The summed E-state index contributed by atoms with van der Waals surface area (Å²) >= 11 is 14.2. The second-order valence-corrected chi connectivity index (χ2v) is 5.32. The maximum atomic E-state index is 12.4. The molecule has 0 aliphatic rings. The number of alkyl halides is 4. The molecule has 2 nitrogen and oxygen atoms in total. The summed E-state index contributed by atoms with van der Waals surface area (Å²) in [4.78, 5) is 12.7. The first-order chi connectivity index (χ1) is 8.74. The first-order valence-corrected chi connectivity index (χ1v) is 6.82. The average molecular weight is 379 g/mol. The normalized spacial score (nSPS) is 11.5. The molecule has 1 aromatic rings. The average Bonchev–Trinajstić information content (AvgIpc) is 2.26. The van der Waals surface area contributed by atoms with Gasteiger partial charge >= 0.3 is 6.18 Å². The molecule has 0 saturated heterocycles. The largest absolute Gasteiger partial charge is 0.406 e. The molecule has 0 heterocycles. The lowest BCUT2D eigenvalue weighted by Gasteiger charge is -2.23. The standard InChI is InChI=1S/C11H9BrCl2F3NO/c12-9-5-7(14)1-2-8(9)10(19)18(4-3-13)6-11(15,16)17/h1-2,5H,3-4,6H2. The molecule has 106 valence electrons. The van der Waals surface area contributed by atoms with Crippen molar-refractivity contribution < 1.29 is 18.0 Å². The van der Waals surface area contributed by atoms with E-state index in [2.05, 4.69) is 15.9 Å². The molecular weight excluding hydrogens is 370 g/mol. The summed E-state index contributed by atoms with van der Waals surface area (Å²) in [6.07, 6.45) is -4.47. The molecule has 0 aliphatic carbocycles. The highest BCUT2D eigenvalue weighted by Crippen LogP contribution is 2.24. The first kappa shape index (κ1) is 16.6. The van der Waals surface area contributed by atoms with Gasteiger partial charge < -0.3 is 4.90 Å². The Labute approximate surface area is 126 Å². The minimum Gasteiger partial charge on any atom is -0.328 e. The molecule has 0 unspecified atom stereocenters. The van der Waals surface area contributed by atoms with Gasteiger partial charge in [-0.15, -0.1) is 11.6 Å². The van der Waals surface area contributed by atoms with Gasteiger partial charge in [0.05, 0.1) is 5.56 Å². The van der Waals surface area contributed by atoms with E-state index in [1.54, 1.807) is 0 Å². The van der Waals surface area contributed by atoms with E-state index >= 15 is 0 Å². The van der Waals surface area contributed by atoms with Gasteiger partial charge in [0.2, 0.25) is 0 Å². The van der Waals surface area contributed by atoms with Crippen molar-refractivity contribution in [3.63, 3.8) is 0 Å². The summed E-state index contributed by atoms with van der Waals surface area (Å²) < 4.78 is 37.5. The number of carbonyl (C=O) groups is 1. The highest BCUT2D eigenvalue weighted by molar-refractivity contribution is 9.10. The number of hydrogen-bond donors (Lipinski definition) is 0. The molecule has 0 fully saturated rings. The van der Waals surface area contributed by atoms with E-state index in [1.165, 1.54) is 18.2 Å². The van der Waals surface area contributed by atoms with E-state index in [1.807, 2.05) is 0 Å². The summed E-state index contributed by atoms with van der Waals surface area (Å²) in [6.45, 7) is -1.53. The summed E-state index contributed by atoms with van der Waals surface area (Å²) in [7, 11) is 0. The van der Waals surface area contributed by atoms with E-state index in [0.717, 1.165) is 0 Å². The first-order valence-electron chi connectivity index (χ1n) is 5.11. The third-order valence-corrected chi connectivity index (χ3v) is 3.23. The Kier molecular flexibility index (Phi) is 5.95. The van der Waals surface area contributed by atoms with Crippen molar-refractivity contribution in [1.82, 2.24) is 4.90 Å². The van der Waals surface area contributed by atoms with E-state index in [0.29, 0.717) is 14.4 Å². The third-order valence-electron chi connectivity index (χ3n) is 2.17. The molecule has 1 amide bonds. The number of benzene rings is 1. The van der Waals surface area contributed by atoms with Crippen LogP contribution in [0.2, 0.25) is 5.02 Å². The predicted molar refractivity (Wildman–Crippen MR) is 71.8 cm³/mol. The number of carbonyl (C=O) groups excluding carboxylic acids is 1. The van der Waals surface area contributed by atoms with Crippen molar-refractivity contribution in [3.05, 3.63) is 33.3 Å². The Hall–Kier alpha value is -0.460. The van der Waals surface area contributed by atoms with Gasteiger partial charge in [-0.1, -0.05) is 11.6 Å². The van der Waals surface area contributed by atoms with Crippen molar-refractivity contribution in [1.29, 1.82) is 0 Å². The van der Waals surface area contributed by atoms with Crippen molar-refractivity contribution in [2.45, 2.75) is 6.18 Å². The van der Waals surface area contributed by atoms with Crippen LogP contribution in [0, 0.1) is 0 Å². The summed E-state index contributed by atoms with van der Waals surface area (Å²) in [6, 6.07) is 4.25. The maximum absolute atomic E-state index is 12.4. The van der Waals surface area contributed by atoms with Crippen LogP contribution in [0.25, 0.3) is 0 Å². The number of rotatable bonds is 4.